The fourth-order valence-electron chi connectivity index (χ4n) is 2.03. The van der Waals surface area contributed by atoms with Crippen molar-refractivity contribution in [3.8, 4) is 0 Å². The Morgan fingerprint density at radius 3 is 2.83 bits per heavy atom. The van der Waals surface area contributed by atoms with Crippen molar-refractivity contribution in [2.75, 3.05) is 20.1 Å². The minimum Gasteiger partial charge on any atom is -0.390 e. The summed E-state index contributed by atoms with van der Waals surface area (Å²) in [7, 11) is 1.59. The van der Waals surface area contributed by atoms with E-state index in [0.717, 1.165) is 6.07 Å². The molecule has 1 aromatic carbocycles. The molecular weight excluding hydrogens is 259 g/mol. The first-order chi connectivity index (χ1) is 8.50. The molecule has 2 N–H and O–H groups in total. The number of benzene rings is 1. The Labute approximate surface area is 109 Å². The van der Waals surface area contributed by atoms with Crippen LogP contribution in [-0.4, -0.2) is 48.2 Å². The summed E-state index contributed by atoms with van der Waals surface area (Å²) < 4.78 is 13.3. The van der Waals surface area contributed by atoms with Gasteiger partial charge in [0.2, 0.25) is 0 Å². The molecule has 0 unspecified atom stereocenters. The van der Waals surface area contributed by atoms with Gasteiger partial charge in [0.05, 0.1) is 17.2 Å². The number of rotatable bonds is 2. The van der Waals surface area contributed by atoms with Crippen molar-refractivity contribution in [1.29, 1.82) is 0 Å². The van der Waals surface area contributed by atoms with Crippen LogP contribution in [-0.2, 0) is 0 Å². The van der Waals surface area contributed by atoms with E-state index in [9.17, 15) is 14.3 Å². The summed E-state index contributed by atoms with van der Waals surface area (Å²) in [5.41, 5.74) is 0.221. The molecule has 1 heterocycles. The van der Waals surface area contributed by atoms with Gasteiger partial charge in [-0.15, -0.1) is 0 Å². The number of amides is 1. The maximum atomic E-state index is 13.3. The van der Waals surface area contributed by atoms with Crippen molar-refractivity contribution in [2.24, 2.45) is 0 Å². The molecule has 4 nitrogen and oxygen atoms in total. The molecule has 98 valence electrons. The van der Waals surface area contributed by atoms with Crippen LogP contribution >= 0.6 is 11.6 Å². The Morgan fingerprint density at radius 1 is 1.56 bits per heavy atom. The standard InChI is InChI=1S/C12H14ClFN2O2/c1-16(10-5-15-6-11(10)17)12(18)7-2-3-8(13)9(14)4-7/h2-4,10-11,15,17H,5-6H2,1H3/t10-,11-/m0/s1. The van der Waals surface area contributed by atoms with Gasteiger partial charge < -0.3 is 15.3 Å². The Hall–Kier alpha value is -1.17. The van der Waals surface area contributed by atoms with Crippen LogP contribution in [0.5, 0.6) is 0 Å². The number of carbonyl (C=O) groups is 1. The van der Waals surface area contributed by atoms with E-state index in [1.165, 1.54) is 17.0 Å². The first kappa shape index (κ1) is 13.3. The predicted octanol–water partition coefficient (Wildman–Crippen LogP) is 0.884. The summed E-state index contributed by atoms with van der Waals surface area (Å²) in [4.78, 5) is 13.5. The van der Waals surface area contributed by atoms with Crippen molar-refractivity contribution in [3.63, 3.8) is 0 Å². The second kappa shape index (κ2) is 5.22. The molecule has 0 saturated carbocycles. The fourth-order valence-corrected chi connectivity index (χ4v) is 2.15. The first-order valence-corrected chi connectivity index (χ1v) is 5.99. The van der Waals surface area contributed by atoms with E-state index in [2.05, 4.69) is 5.32 Å². The first-order valence-electron chi connectivity index (χ1n) is 5.61. The highest BCUT2D eigenvalue weighted by molar-refractivity contribution is 6.30. The molecule has 1 fully saturated rings. The number of carbonyl (C=O) groups excluding carboxylic acids is 1. The molecule has 18 heavy (non-hydrogen) atoms. The molecule has 1 aliphatic heterocycles. The highest BCUT2D eigenvalue weighted by Crippen LogP contribution is 2.18. The van der Waals surface area contributed by atoms with E-state index >= 15 is 0 Å². The fraction of sp³-hybridized carbons (Fsp3) is 0.417. The highest BCUT2D eigenvalue weighted by atomic mass is 35.5. The molecule has 1 aliphatic rings. The zero-order valence-corrected chi connectivity index (χ0v) is 10.6. The van der Waals surface area contributed by atoms with Gasteiger partial charge in [-0.1, -0.05) is 11.6 Å². The summed E-state index contributed by atoms with van der Waals surface area (Å²) >= 11 is 5.57. The molecule has 6 heteroatoms. The lowest BCUT2D eigenvalue weighted by molar-refractivity contribution is 0.0581. The van der Waals surface area contributed by atoms with Crippen LogP contribution in [0.4, 0.5) is 4.39 Å². The number of nitrogens with zero attached hydrogens (tertiary/aromatic N) is 1. The van der Waals surface area contributed by atoms with Gasteiger partial charge in [0.1, 0.15) is 5.82 Å². The number of aliphatic hydroxyl groups is 1. The maximum Gasteiger partial charge on any atom is 0.254 e. The molecular formula is C12H14ClFN2O2. The normalized spacial score (nSPS) is 23.1. The van der Waals surface area contributed by atoms with Crippen molar-refractivity contribution < 1.29 is 14.3 Å². The summed E-state index contributed by atoms with van der Waals surface area (Å²) in [5.74, 6) is -0.959. The zero-order valence-electron chi connectivity index (χ0n) is 9.86. The van der Waals surface area contributed by atoms with Gasteiger partial charge in [0.15, 0.2) is 0 Å². The van der Waals surface area contributed by atoms with Crippen molar-refractivity contribution in [1.82, 2.24) is 10.2 Å². The molecule has 2 atom stereocenters. The van der Waals surface area contributed by atoms with E-state index in [4.69, 9.17) is 11.6 Å². The highest BCUT2D eigenvalue weighted by Gasteiger charge is 2.31. The van der Waals surface area contributed by atoms with Crippen LogP contribution < -0.4 is 5.32 Å². The predicted molar refractivity (Wildman–Crippen MR) is 66.2 cm³/mol. The van der Waals surface area contributed by atoms with Gasteiger partial charge >= 0.3 is 0 Å². The minimum atomic E-state index is -0.624. The number of likely N-dealkylation sites (N-methyl/N-ethyl adjacent to an activating group) is 1. The van der Waals surface area contributed by atoms with Gasteiger partial charge in [-0.3, -0.25) is 4.79 Å². The quantitative estimate of drug-likeness (QED) is 0.841. The lowest BCUT2D eigenvalue weighted by Gasteiger charge is -2.26. The second-order valence-electron chi connectivity index (χ2n) is 4.34. The third-order valence-electron chi connectivity index (χ3n) is 3.14. The molecule has 1 saturated heterocycles. The number of hydrogen-bond acceptors (Lipinski definition) is 3. The van der Waals surface area contributed by atoms with E-state index in [-0.39, 0.29) is 22.5 Å². The summed E-state index contributed by atoms with van der Waals surface area (Å²) in [6.45, 7) is 0.983. The third kappa shape index (κ3) is 2.48. The van der Waals surface area contributed by atoms with E-state index in [0.29, 0.717) is 13.1 Å². The average molecular weight is 273 g/mol. The summed E-state index contributed by atoms with van der Waals surface area (Å²) in [5, 5.41) is 12.7. The Balaban J connectivity index is 2.17. The van der Waals surface area contributed by atoms with Crippen LogP contribution in [0.15, 0.2) is 18.2 Å². The smallest absolute Gasteiger partial charge is 0.254 e. The number of nitrogens with one attached hydrogen (secondary N) is 1. The third-order valence-corrected chi connectivity index (χ3v) is 3.44. The molecule has 0 aliphatic carbocycles. The monoisotopic (exact) mass is 272 g/mol. The Kier molecular flexibility index (Phi) is 3.85. The zero-order chi connectivity index (χ0) is 13.3. The lowest BCUT2D eigenvalue weighted by Crippen LogP contribution is -2.44. The molecule has 0 aromatic heterocycles. The lowest BCUT2D eigenvalue weighted by atomic mass is 10.1. The molecule has 0 bridgehead atoms. The number of β-amino-alcohol motifs (C(OH)–C–C–N with tert-alkyl or cyclic N) is 1. The van der Waals surface area contributed by atoms with Gasteiger partial charge in [0.25, 0.3) is 5.91 Å². The van der Waals surface area contributed by atoms with Crippen molar-refractivity contribution >= 4 is 17.5 Å². The maximum absolute atomic E-state index is 13.3. The Morgan fingerprint density at radius 2 is 2.28 bits per heavy atom. The second-order valence-corrected chi connectivity index (χ2v) is 4.75. The number of aliphatic hydroxyl groups excluding tert-OH is 1. The van der Waals surface area contributed by atoms with Crippen LogP contribution in [0.3, 0.4) is 0 Å². The summed E-state index contributed by atoms with van der Waals surface area (Å²) in [6, 6.07) is 3.63. The minimum absolute atomic E-state index is 0.0169. The molecule has 1 amide bonds. The van der Waals surface area contributed by atoms with Gasteiger partial charge in [-0.05, 0) is 18.2 Å². The molecule has 2 rings (SSSR count). The average Bonchev–Trinajstić information content (AvgIpc) is 2.77. The molecule has 0 radical (unpaired) electrons. The largest absolute Gasteiger partial charge is 0.390 e. The van der Waals surface area contributed by atoms with E-state index in [1.54, 1.807) is 7.05 Å². The van der Waals surface area contributed by atoms with Gasteiger partial charge in [-0.2, -0.15) is 0 Å². The number of halogens is 2. The topological polar surface area (TPSA) is 52.6 Å². The van der Waals surface area contributed by atoms with E-state index < -0.39 is 11.9 Å². The molecule has 0 spiro atoms. The van der Waals surface area contributed by atoms with Gasteiger partial charge in [0, 0.05) is 25.7 Å². The van der Waals surface area contributed by atoms with Crippen molar-refractivity contribution in [2.45, 2.75) is 12.1 Å². The summed E-state index contributed by atoms with van der Waals surface area (Å²) in [6.07, 6.45) is -0.601. The van der Waals surface area contributed by atoms with Crippen molar-refractivity contribution in [3.05, 3.63) is 34.6 Å². The van der Waals surface area contributed by atoms with Crippen LogP contribution in [0.2, 0.25) is 5.02 Å². The van der Waals surface area contributed by atoms with E-state index in [1.807, 2.05) is 0 Å². The SMILES string of the molecule is CN(C(=O)c1ccc(Cl)c(F)c1)[C@H]1CNC[C@@H]1O. The van der Waals surface area contributed by atoms with Crippen LogP contribution in [0, 0.1) is 5.82 Å². The van der Waals surface area contributed by atoms with Crippen LogP contribution in [0.1, 0.15) is 10.4 Å². The number of hydrogen-bond donors (Lipinski definition) is 2. The van der Waals surface area contributed by atoms with Crippen LogP contribution in [0.25, 0.3) is 0 Å². The Bertz CT molecular complexity index is 469. The van der Waals surface area contributed by atoms with Gasteiger partial charge in [-0.25, -0.2) is 4.39 Å². The molecule has 1 aromatic rings.